The Kier molecular flexibility index (Phi) is 4.94. The van der Waals surface area contributed by atoms with E-state index < -0.39 is 0 Å². The topological polar surface area (TPSA) is 76.9 Å². The molecule has 1 amide bonds. The van der Waals surface area contributed by atoms with Gasteiger partial charge in [-0.1, -0.05) is 6.07 Å². The number of carbonyl (C=O) groups is 1. The average Bonchev–Trinajstić information content (AvgIpc) is 2.63. The summed E-state index contributed by atoms with van der Waals surface area (Å²) in [5.74, 6) is -0.693. The summed E-state index contributed by atoms with van der Waals surface area (Å²) in [6.07, 6.45) is 3.30. The Morgan fingerprint density at radius 2 is 1.92 bits per heavy atom. The number of nitrogens with zero attached hydrogens (tertiary/aromatic N) is 3. The maximum Gasteiger partial charge on any atom is 0.267 e. The number of halogens is 1. The number of benzene rings is 1. The van der Waals surface area contributed by atoms with Crippen molar-refractivity contribution in [2.45, 2.75) is 13.1 Å². The van der Waals surface area contributed by atoms with Gasteiger partial charge >= 0.3 is 0 Å². The third kappa shape index (κ3) is 4.35. The molecule has 1 N–H and O–H groups in total. The van der Waals surface area contributed by atoms with E-state index in [4.69, 9.17) is 0 Å². The fourth-order valence-electron chi connectivity index (χ4n) is 2.23. The number of hydrogen-bond acceptors (Lipinski definition) is 4. The molecule has 0 atom stereocenters. The predicted molar refractivity (Wildman–Crippen MR) is 90.0 cm³/mol. The van der Waals surface area contributed by atoms with E-state index >= 15 is 0 Å². The molecular formula is C18H15FN4O2. The van der Waals surface area contributed by atoms with Gasteiger partial charge in [-0.25, -0.2) is 9.07 Å². The van der Waals surface area contributed by atoms with Gasteiger partial charge < -0.3 is 5.32 Å². The Hall–Kier alpha value is -3.35. The van der Waals surface area contributed by atoms with E-state index in [9.17, 15) is 14.0 Å². The summed E-state index contributed by atoms with van der Waals surface area (Å²) in [4.78, 5) is 27.9. The van der Waals surface area contributed by atoms with Crippen molar-refractivity contribution in [3.63, 3.8) is 0 Å². The molecule has 0 aliphatic rings. The van der Waals surface area contributed by atoms with Gasteiger partial charge in [-0.2, -0.15) is 5.10 Å². The number of rotatable bonds is 5. The standard InChI is InChI=1S/C18H15FN4O2/c19-15-5-3-14(4-6-15)16-7-8-18(25)23(22-16)12-17(24)21-11-13-2-1-9-20-10-13/h1-10H,11-12H2,(H,21,24). The highest BCUT2D eigenvalue weighted by molar-refractivity contribution is 5.75. The average molecular weight is 338 g/mol. The summed E-state index contributed by atoms with van der Waals surface area (Å²) in [7, 11) is 0. The van der Waals surface area contributed by atoms with Crippen LogP contribution >= 0.6 is 0 Å². The van der Waals surface area contributed by atoms with E-state index in [1.807, 2.05) is 6.07 Å². The summed E-state index contributed by atoms with van der Waals surface area (Å²) in [6, 6.07) is 12.2. The number of amides is 1. The molecule has 2 heterocycles. The van der Waals surface area contributed by atoms with Crippen molar-refractivity contribution >= 4 is 5.91 Å². The Morgan fingerprint density at radius 3 is 2.64 bits per heavy atom. The maximum atomic E-state index is 13.0. The van der Waals surface area contributed by atoms with Crippen molar-refractivity contribution in [2.24, 2.45) is 0 Å². The number of hydrogen-bond donors (Lipinski definition) is 1. The molecule has 1 aromatic carbocycles. The number of pyridine rings is 1. The van der Waals surface area contributed by atoms with Crippen LogP contribution in [0.5, 0.6) is 0 Å². The molecule has 0 aliphatic heterocycles. The van der Waals surface area contributed by atoms with Crippen LogP contribution in [0.1, 0.15) is 5.56 Å². The van der Waals surface area contributed by atoms with Gasteiger partial charge in [0.1, 0.15) is 12.4 Å². The molecule has 3 rings (SSSR count). The van der Waals surface area contributed by atoms with Crippen molar-refractivity contribution in [3.8, 4) is 11.3 Å². The first-order chi connectivity index (χ1) is 12.1. The predicted octanol–water partition coefficient (Wildman–Crippen LogP) is 1.76. The lowest BCUT2D eigenvalue weighted by Gasteiger charge is -2.08. The highest BCUT2D eigenvalue weighted by Crippen LogP contribution is 2.15. The Morgan fingerprint density at radius 1 is 1.12 bits per heavy atom. The zero-order valence-corrected chi connectivity index (χ0v) is 13.2. The van der Waals surface area contributed by atoms with Gasteiger partial charge in [-0.15, -0.1) is 0 Å². The Balaban J connectivity index is 1.71. The van der Waals surface area contributed by atoms with E-state index in [-0.39, 0.29) is 23.8 Å². The quantitative estimate of drug-likeness (QED) is 0.769. The van der Waals surface area contributed by atoms with Gasteiger partial charge in [0.15, 0.2) is 0 Å². The lowest BCUT2D eigenvalue weighted by Crippen LogP contribution is -2.33. The Labute approximate surface area is 143 Å². The molecule has 126 valence electrons. The molecule has 0 saturated heterocycles. The minimum atomic E-state index is -0.387. The third-order valence-corrected chi connectivity index (χ3v) is 3.51. The molecule has 3 aromatic rings. The van der Waals surface area contributed by atoms with Crippen molar-refractivity contribution < 1.29 is 9.18 Å². The zero-order valence-electron chi connectivity index (χ0n) is 13.2. The molecule has 7 heteroatoms. The van der Waals surface area contributed by atoms with Crippen LogP contribution in [0.2, 0.25) is 0 Å². The molecule has 25 heavy (non-hydrogen) atoms. The minimum Gasteiger partial charge on any atom is -0.350 e. The molecule has 6 nitrogen and oxygen atoms in total. The largest absolute Gasteiger partial charge is 0.350 e. The fourth-order valence-corrected chi connectivity index (χ4v) is 2.23. The van der Waals surface area contributed by atoms with E-state index in [1.165, 1.54) is 18.2 Å². The summed E-state index contributed by atoms with van der Waals surface area (Å²) in [5.41, 5.74) is 1.61. The number of nitrogens with one attached hydrogen (secondary N) is 1. The molecule has 0 spiro atoms. The van der Waals surface area contributed by atoms with Crippen molar-refractivity contribution in [1.82, 2.24) is 20.1 Å². The molecule has 0 fully saturated rings. The second kappa shape index (κ2) is 7.48. The summed E-state index contributed by atoms with van der Waals surface area (Å²) in [6.45, 7) is 0.118. The summed E-state index contributed by atoms with van der Waals surface area (Å²) < 4.78 is 14.1. The van der Waals surface area contributed by atoms with Crippen molar-refractivity contribution in [3.05, 3.63) is 82.7 Å². The smallest absolute Gasteiger partial charge is 0.267 e. The molecule has 2 aromatic heterocycles. The third-order valence-electron chi connectivity index (χ3n) is 3.51. The van der Waals surface area contributed by atoms with Crippen LogP contribution in [0.3, 0.4) is 0 Å². The second-order valence-electron chi connectivity index (χ2n) is 5.36. The maximum absolute atomic E-state index is 13.0. The molecular weight excluding hydrogens is 323 g/mol. The summed E-state index contributed by atoms with van der Waals surface area (Å²) in [5, 5.41) is 6.89. The lowest BCUT2D eigenvalue weighted by atomic mass is 10.1. The minimum absolute atomic E-state index is 0.200. The number of aromatic nitrogens is 3. The fraction of sp³-hybridized carbons (Fsp3) is 0.111. The van der Waals surface area contributed by atoms with Crippen LogP contribution in [0.25, 0.3) is 11.3 Å². The SMILES string of the molecule is O=C(Cn1nc(-c2ccc(F)cc2)ccc1=O)NCc1cccnc1. The first-order valence-corrected chi connectivity index (χ1v) is 7.61. The van der Waals surface area contributed by atoms with Crippen LogP contribution in [0.15, 0.2) is 65.7 Å². The molecule has 0 radical (unpaired) electrons. The van der Waals surface area contributed by atoms with E-state index in [2.05, 4.69) is 15.4 Å². The van der Waals surface area contributed by atoms with Crippen LogP contribution < -0.4 is 10.9 Å². The normalized spacial score (nSPS) is 10.4. The van der Waals surface area contributed by atoms with Gasteiger partial charge in [-0.05, 0) is 42.0 Å². The van der Waals surface area contributed by atoms with E-state index in [0.29, 0.717) is 17.8 Å². The first-order valence-electron chi connectivity index (χ1n) is 7.61. The van der Waals surface area contributed by atoms with Gasteiger partial charge in [0.05, 0.1) is 5.69 Å². The molecule has 0 bridgehead atoms. The van der Waals surface area contributed by atoms with Crippen molar-refractivity contribution in [2.75, 3.05) is 0 Å². The summed E-state index contributed by atoms with van der Waals surface area (Å²) >= 11 is 0. The van der Waals surface area contributed by atoms with Gasteiger partial charge in [-0.3, -0.25) is 14.6 Å². The highest BCUT2D eigenvalue weighted by Gasteiger charge is 2.08. The monoisotopic (exact) mass is 338 g/mol. The van der Waals surface area contributed by atoms with E-state index in [0.717, 1.165) is 10.2 Å². The molecule has 0 aliphatic carbocycles. The second-order valence-corrected chi connectivity index (χ2v) is 5.36. The van der Waals surface area contributed by atoms with Crippen LogP contribution in [-0.2, 0) is 17.9 Å². The van der Waals surface area contributed by atoms with Gasteiger partial charge in [0, 0.05) is 30.6 Å². The molecule has 0 saturated carbocycles. The first kappa shape index (κ1) is 16.5. The zero-order chi connectivity index (χ0) is 17.6. The van der Waals surface area contributed by atoms with Crippen molar-refractivity contribution in [1.29, 1.82) is 0 Å². The molecule has 0 unspecified atom stereocenters. The number of carbonyl (C=O) groups excluding carboxylic acids is 1. The Bertz CT molecular complexity index is 924. The van der Waals surface area contributed by atoms with Crippen LogP contribution in [0.4, 0.5) is 4.39 Å². The van der Waals surface area contributed by atoms with Crippen LogP contribution in [-0.4, -0.2) is 20.7 Å². The van der Waals surface area contributed by atoms with Gasteiger partial charge in [0.25, 0.3) is 5.56 Å². The highest BCUT2D eigenvalue weighted by atomic mass is 19.1. The lowest BCUT2D eigenvalue weighted by molar-refractivity contribution is -0.122. The van der Waals surface area contributed by atoms with E-state index in [1.54, 1.807) is 36.7 Å². The van der Waals surface area contributed by atoms with Gasteiger partial charge in [0.2, 0.25) is 5.91 Å². The van der Waals surface area contributed by atoms with Crippen LogP contribution in [0, 0.1) is 5.82 Å².